The van der Waals surface area contributed by atoms with E-state index in [1.807, 2.05) is 11.3 Å². The maximum atomic E-state index is 2.45. The molecule has 1 heterocycles. The highest BCUT2D eigenvalue weighted by atomic mass is 32.1. The topological polar surface area (TPSA) is 3.24 Å². The highest BCUT2D eigenvalue weighted by Gasteiger charge is 2.47. The number of anilines is 3. The number of hydrogen-bond acceptors (Lipinski definition) is 2. The van der Waals surface area contributed by atoms with Gasteiger partial charge in [0.1, 0.15) is 0 Å². The molecule has 0 aliphatic heterocycles. The van der Waals surface area contributed by atoms with E-state index in [-0.39, 0.29) is 0 Å². The lowest BCUT2D eigenvalue weighted by Gasteiger charge is -2.35. The lowest BCUT2D eigenvalue weighted by Crippen LogP contribution is -2.28. The van der Waals surface area contributed by atoms with Gasteiger partial charge in [-0.15, -0.1) is 11.3 Å². The Balaban J connectivity index is 0.964. The van der Waals surface area contributed by atoms with Crippen LogP contribution in [0.2, 0.25) is 0 Å². The third-order valence-corrected chi connectivity index (χ3v) is 16.5. The van der Waals surface area contributed by atoms with Gasteiger partial charge in [0, 0.05) is 37.2 Å². The van der Waals surface area contributed by atoms with Gasteiger partial charge in [-0.25, -0.2) is 0 Å². The number of rotatable bonds is 8. The Morgan fingerprint density at radius 3 is 1.23 bits per heavy atom. The van der Waals surface area contributed by atoms with Gasteiger partial charge in [-0.2, -0.15) is 0 Å². The largest absolute Gasteiger partial charge is 0.310 e. The molecule has 328 valence electrons. The Bertz CT molecular complexity index is 3840. The lowest BCUT2D eigenvalue weighted by atomic mass is 9.67. The minimum Gasteiger partial charge on any atom is -0.310 e. The van der Waals surface area contributed by atoms with E-state index in [2.05, 4.69) is 278 Å². The van der Waals surface area contributed by atoms with Crippen molar-refractivity contribution in [2.75, 3.05) is 4.90 Å². The fourth-order valence-corrected chi connectivity index (χ4v) is 13.6. The van der Waals surface area contributed by atoms with Crippen LogP contribution >= 0.6 is 11.3 Å². The summed E-state index contributed by atoms with van der Waals surface area (Å²) in [5.41, 5.74) is 20.1. The van der Waals surface area contributed by atoms with Gasteiger partial charge in [-0.1, -0.05) is 231 Å². The van der Waals surface area contributed by atoms with Crippen LogP contribution in [0.15, 0.2) is 273 Å². The molecule has 12 aromatic rings. The summed E-state index contributed by atoms with van der Waals surface area (Å²) >= 11 is 1.88. The van der Waals surface area contributed by atoms with Crippen molar-refractivity contribution >= 4 is 48.6 Å². The molecule has 0 bridgehead atoms. The van der Waals surface area contributed by atoms with E-state index >= 15 is 0 Å². The predicted molar refractivity (Wildman–Crippen MR) is 294 cm³/mol. The summed E-state index contributed by atoms with van der Waals surface area (Å²) in [4.78, 5) is 2.45. The summed E-state index contributed by atoms with van der Waals surface area (Å²) in [5.74, 6) is 0. The highest BCUT2D eigenvalue weighted by Crippen LogP contribution is 2.59. The second kappa shape index (κ2) is 16.0. The molecule has 0 atom stereocenters. The predicted octanol–water partition coefficient (Wildman–Crippen LogP) is 17.9. The van der Waals surface area contributed by atoms with Crippen molar-refractivity contribution in [1.82, 2.24) is 0 Å². The van der Waals surface area contributed by atoms with Crippen LogP contribution in [0, 0.1) is 0 Å². The molecule has 0 unspecified atom stereocenters. The van der Waals surface area contributed by atoms with Crippen molar-refractivity contribution in [3.05, 3.63) is 317 Å². The fourth-order valence-electron chi connectivity index (χ4n) is 12.4. The van der Waals surface area contributed by atoms with Crippen molar-refractivity contribution in [2.45, 2.75) is 10.8 Å². The summed E-state index contributed by atoms with van der Waals surface area (Å²) in [6.07, 6.45) is 0. The monoisotopic (exact) mass is 907 g/mol. The summed E-state index contributed by atoms with van der Waals surface area (Å²) in [5, 5.41) is 2.63. The van der Waals surface area contributed by atoms with Gasteiger partial charge in [-0.05, 0) is 120 Å². The van der Waals surface area contributed by atoms with Crippen molar-refractivity contribution in [3.8, 4) is 33.4 Å². The molecule has 2 aliphatic carbocycles. The van der Waals surface area contributed by atoms with Crippen molar-refractivity contribution in [2.24, 2.45) is 0 Å². The van der Waals surface area contributed by atoms with Crippen LogP contribution in [0.1, 0.15) is 44.5 Å². The number of benzene rings is 11. The van der Waals surface area contributed by atoms with E-state index in [0.29, 0.717) is 0 Å². The van der Waals surface area contributed by atoms with Crippen molar-refractivity contribution in [1.29, 1.82) is 0 Å². The van der Waals surface area contributed by atoms with Gasteiger partial charge in [0.15, 0.2) is 0 Å². The average molecular weight is 908 g/mol. The Morgan fingerprint density at radius 2 is 0.671 bits per heavy atom. The summed E-state index contributed by atoms with van der Waals surface area (Å²) in [6.45, 7) is 0. The van der Waals surface area contributed by atoms with Gasteiger partial charge in [-0.3, -0.25) is 0 Å². The lowest BCUT2D eigenvalue weighted by molar-refractivity contribution is 0.768. The van der Waals surface area contributed by atoms with Gasteiger partial charge in [0.25, 0.3) is 0 Å². The number of thiophene rings is 1. The molecule has 0 spiro atoms. The van der Waals surface area contributed by atoms with Crippen LogP contribution in [0.25, 0.3) is 53.6 Å². The molecule has 0 radical (unpaired) electrons. The van der Waals surface area contributed by atoms with E-state index in [4.69, 9.17) is 0 Å². The molecular weight excluding hydrogens is 863 g/mol. The Morgan fingerprint density at radius 1 is 0.271 bits per heavy atom. The third-order valence-electron chi connectivity index (χ3n) is 15.3. The Labute approximate surface area is 412 Å². The Kier molecular flexibility index (Phi) is 9.27. The zero-order chi connectivity index (χ0) is 46.2. The summed E-state index contributed by atoms with van der Waals surface area (Å²) in [6, 6.07) is 102. The molecule has 0 amide bonds. The molecule has 0 N–H and O–H groups in total. The molecule has 0 saturated heterocycles. The second-order valence-electron chi connectivity index (χ2n) is 18.7. The van der Waals surface area contributed by atoms with E-state index in [1.165, 1.54) is 98.1 Å². The first-order valence-corrected chi connectivity index (χ1v) is 25.1. The van der Waals surface area contributed by atoms with E-state index < -0.39 is 10.8 Å². The standard InChI is InChI=1S/C68H45NS/c1-4-19-47(20-5-1)67(48-21-6-2-7-22-48)63-33-16-12-27-57(63)60-45-53(43-44-64(60)67)69(51-39-35-46(36-40-51)54-29-18-30-59-58-28-13-17-34-65(58)70-66(54)59)52-41-37-50(38-42-52)68(49-23-8-3-9-24-49)61-31-14-10-25-55(61)56-26-11-15-32-62(56)68/h1-45H. The highest BCUT2D eigenvalue weighted by molar-refractivity contribution is 7.26. The van der Waals surface area contributed by atoms with Gasteiger partial charge in [0.2, 0.25) is 0 Å². The van der Waals surface area contributed by atoms with Gasteiger partial charge in [0.05, 0.1) is 10.8 Å². The van der Waals surface area contributed by atoms with Gasteiger partial charge >= 0.3 is 0 Å². The quantitative estimate of drug-likeness (QED) is 0.147. The average Bonchev–Trinajstić information content (AvgIpc) is 4.08. The third kappa shape index (κ3) is 5.84. The molecule has 14 rings (SSSR count). The normalized spacial score (nSPS) is 13.7. The molecule has 1 aromatic heterocycles. The first-order valence-electron chi connectivity index (χ1n) is 24.2. The molecule has 0 saturated carbocycles. The zero-order valence-corrected chi connectivity index (χ0v) is 39.2. The van der Waals surface area contributed by atoms with Crippen molar-refractivity contribution in [3.63, 3.8) is 0 Å². The maximum Gasteiger partial charge on any atom is 0.0713 e. The molecule has 0 fully saturated rings. The first kappa shape index (κ1) is 40.5. The fraction of sp³-hybridized carbons (Fsp3) is 0.0294. The van der Waals surface area contributed by atoms with Crippen LogP contribution in [-0.4, -0.2) is 0 Å². The van der Waals surface area contributed by atoms with E-state index in [9.17, 15) is 0 Å². The number of fused-ring (bicyclic) bond motifs is 9. The SMILES string of the molecule is c1ccc(C2(c3ccc(N(c4ccc(-c5cccc6c5sc5ccccc56)cc4)c4ccc5c(c4)-c4ccccc4C5(c4ccccc4)c4ccccc4)cc3)c3ccccc3-c3ccccc32)cc1. The molecule has 70 heavy (non-hydrogen) atoms. The molecule has 11 aromatic carbocycles. The summed E-state index contributed by atoms with van der Waals surface area (Å²) < 4.78 is 2.64. The van der Waals surface area contributed by atoms with Crippen LogP contribution in [-0.2, 0) is 10.8 Å². The summed E-state index contributed by atoms with van der Waals surface area (Å²) in [7, 11) is 0. The van der Waals surface area contributed by atoms with Crippen LogP contribution in [0.3, 0.4) is 0 Å². The second-order valence-corrected chi connectivity index (χ2v) is 19.7. The molecule has 1 nitrogen and oxygen atoms in total. The smallest absolute Gasteiger partial charge is 0.0713 e. The van der Waals surface area contributed by atoms with Crippen LogP contribution < -0.4 is 4.90 Å². The van der Waals surface area contributed by atoms with Crippen LogP contribution in [0.4, 0.5) is 17.1 Å². The number of nitrogens with zero attached hydrogens (tertiary/aromatic N) is 1. The first-order chi connectivity index (χ1) is 34.7. The van der Waals surface area contributed by atoms with Gasteiger partial charge < -0.3 is 4.90 Å². The Hall–Kier alpha value is -8.56. The molecule has 2 heteroatoms. The van der Waals surface area contributed by atoms with E-state index in [0.717, 1.165) is 17.1 Å². The van der Waals surface area contributed by atoms with Crippen LogP contribution in [0.5, 0.6) is 0 Å². The maximum absolute atomic E-state index is 2.45. The zero-order valence-electron chi connectivity index (χ0n) is 38.3. The minimum atomic E-state index is -0.484. The molecule has 2 aliphatic rings. The van der Waals surface area contributed by atoms with E-state index in [1.54, 1.807) is 0 Å². The number of hydrogen-bond donors (Lipinski definition) is 0. The van der Waals surface area contributed by atoms with Crippen molar-refractivity contribution < 1.29 is 0 Å². The minimum absolute atomic E-state index is 0.478. The molecular formula is C68H45NS.